The van der Waals surface area contributed by atoms with Crippen LogP contribution < -0.4 is 5.32 Å². The standard InChI is InChI=1S/C22H22FN3O3/c1-2-29-21(28)18-19(15-7-9-17(23)10-8-15)24-22(25-20(18)27)26-12-11-14-5-3-4-6-16(14)13-26/h3-10,18-19H,2,11-13H2,1H3,(H,24,25,27)/t18-,19-/m1/s1. The molecule has 4 rings (SSSR count). The van der Waals surface area contributed by atoms with E-state index in [1.165, 1.54) is 23.3 Å². The van der Waals surface area contributed by atoms with Gasteiger partial charge in [-0.15, -0.1) is 0 Å². The van der Waals surface area contributed by atoms with Crippen molar-refractivity contribution in [1.29, 1.82) is 0 Å². The van der Waals surface area contributed by atoms with Crippen molar-refractivity contribution in [2.24, 2.45) is 10.9 Å². The number of ether oxygens (including phenoxy) is 1. The first kappa shape index (κ1) is 19.1. The Balaban J connectivity index is 1.68. The zero-order valence-corrected chi connectivity index (χ0v) is 16.1. The summed E-state index contributed by atoms with van der Waals surface area (Å²) >= 11 is 0. The van der Waals surface area contributed by atoms with Gasteiger partial charge < -0.3 is 9.64 Å². The largest absolute Gasteiger partial charge is 0.465 e. The number of hydrogen-bond donors (Lipinski definition) is 1. The Morgan fingerprint density at radius 2 is 1.93 bits per heavy atom. The molecule has 2 aliphatic rings. The van der Waals surface area contributed by atoms with Crippen molar-refractivity contribution in [3.63, 3.8) is 0 Å². The van der Waals surface area contributed by atoms with Gasteiger partial charge in [-0.1, -0.05) is 36.4 Å². The van der Waals surface area contributed by atoms with Gasteiger partial charge in [-0.25, -0.2) is 9.38 Å². The average Bonchev–Trinajstić information content (AvgIpc) is 2.73. The highest BCUT2D eigenvalue weighted by Crippen LogP contribution is 2.31. The Labute approximate surface area is 168 Å². The number of amides is 1. The van der Waals surface area contributed by atoms with E-state index in [-0.39, 0.29) is 6.61 Å². The third-order valence-corrected chi connectivity index (χ3v) is 5.28. The number of rotatable bonds is 3. The number of esters is 1. The van der Waals surface area contributed by atoms with Gasteiger partial charge >= 0.3 is 5.97 Å². The zero-order chi connectivity index (χ0) is 20.4. The van der Waals surface area contributed by atoms with Crippen LogP contribution in [0.1, 0.15) is 29.7 Å². The van der Waals surface area contributed by atoms with Gasteiger partial charge in [0.05, 0.1) is 6.61 Å². The van der Waals surface area contributed by atoms with E-state index in [4.69, 9.17) is 9.73 Å². The predicted molar refractivity (Wildman–Crippen MR) is 105 cm³/mol. The fourth-order valence-corrected chi connectivity index (χ4v) is 3.80. The van der Waals surface area contributed by atoms with Gasteiger partial charge in [0.15, 0.2) is 5.92 Å². The van der Waals surface area contributed by atoms with Crippen molar-refractivity contribution in [2.75, 3.05) is 13.2 Å². The second-order valence-electron chi connectivity index (χ2n) is 7.11. The fraction of sp³-hybridized carbons (Fsp3) is 0.318. The van der Waals surface area contributed by atoms with Crippen molar-refractivity contribution in [3.8, 4) is 0 Å². The lowest BCUT2D eigenvalue weighted by Crippen LogP contribution is -2.53. The molecule has 2 aromatic rings. The van der Waals surface area contributed by atoms with Crippen molar-refractivity contribution in [2.45, 2.75) is 25.9 Å². The number of nitrogens with zero attached hydrogens (tertiary/aromatic N) is 2. The van der Waals surface area contributed by atoms with E-state index in [0.29, 0.717) is 24.6 Å². The molecule has 1 amide bonds. The van der Waals surface area contributed by atoms with Crippen LogP contribution in [0.25, 0.3) is 0 Å². The molecule has 29 heavy (non-hydrogen) atoms. The fourth-order valence-electron chi connectivity index (χ4n) is 3.80. The molecule has 0 bridgehead atoms. The highest BCUT2D eigenvalue weighted by Gasteiger charge is 2.42. The molecule has 150 valence electrons. The van der Waals surface area contributed by atoms with Gasteiger partial charge in [-0.3, -0.25) is 14.9 Å². The summed E-state index contributed by atoms with van der Waals surface area (Å²) in [6, 6.07) is 13.1. The lowest BCUT2D eigenvalue weighted by atomic mass is 9.91. The Hall–Kier alpha value is -3.22. The van der Waals surface area contributed by atoms with Gasteiger partial charge in [-0.05, 0) is 42.2 Å². The van der Waals surface area contributed by atoms with E-state index in [1.54, 1.807) is 19.1 Å². The maximum atomic E-state index is 13.4. The molecular weight excluding hydrogens is 373 g/mol. The van der Waals surface area contributed by atoms with Crippen LogP contribution in [0.15, 0.2) is 53.5 Å². The summed E-state index contributed by atoms with van der Waals surface area (Å²) in [4.78, 5) is 32.0. The highest BCUT2D eigenvalue weighted by molar-refractivity contribution is 6.08. The van der Waals surface area contributed by atoms with Crippen molar-refractivity contribution in [1.82, 2.24) is 10.2 Å². The number of carbonyl (C=O) groups is 2. The van der Waals surface area contributed by atoms with Gasteiger partial charge in [0.2, 0.25) is 11.9 Å². The highest BCUT2D eigenvalue weighted by atomic mass is 19.1. The number of benzene rings is 2. The average molecular weight is 395 g/mol. The van der Waals surface area contributed by atoms with Gasteiger partial charge in [0.25, 0.3) is 0 Å². The zero-order valence-electron chi connectivity index (χ0n) is 16.1. The van der Waals surface area contributed by atoms with Crippen LogP contribution in [-0.2, 0) is 27.3 Å². The van der Waals surface area contributed by atoms with Crippen LogP contribution in [0, 0.1) is 11.7 Å². The molecule has 1 N–H and O–H groups in total. The molecule has 2 heterocycles. The predicted octanol–water partition coefficient (Wildman–Crippen LogP) is 2.59. The molecule has 0 aromatic heterocycles. The van der Waals surface area contributed by atoms with Crippen molar-refractivity contribution >= 4 is 17.8 Å². The van der Waals surface area contributed by atoms with Gasteiger partial charge in [0.1, 0.15) is 11.9 Å². The first-order valence-corrected chi connectivity index (χ1v) is 9.69. The molecule has 7 heteroatoms. The molecule has 0 radical (unpaired) electrons. The molecule has 0 saturated carbocycles. The summed E-state index contributed by atoms with van der Waals surface area (Å²) in [5, 5.41) is 2.78. The minimum absolute atomic E-state index is 0.165. The minimum Gasteiger partial charge on any atom is -0.465 e. The minimum atomic E-state index is -1.11. The Bertz CT molecular complexity index is 958. The first-order valence-electron chi connectivity index (χ1n) is 9.69. The number of hydrogen-bond acceptors (Lipinski definition) is 5. The topological polar surface area (TPSA) is 71.0 Å². The first-order chi connectivity index (χ1) is 14.1. The molecule has 0 saturated heterocycles. The van der Waals surface area contributed by atoms with E-state index in [9.17, 15) is 14.0 Å². The molecule has 2 aromatic carbocycles. The molecule has 0 unspecified atom stereocenters. The van der Waals surface area contributed by atoms with Gasteiger partial charge in [-0.2, -0.15) is 0 Å². The van der Waals surface area contributed by atoms with E-state index in [2.05, 4.69) is 17.4 Å². The third kappa shape index (κ3) is 3.85. The van der Waals surface area contributed by atoms with Crippen molar-refractivity contribution in [3.05, 3.63) is 71.0 Å². The van der Waals surface area contributed by atoms with E-state index in [0.717, 1.165) is 6.42 Å². The Morgan fingerprint density at radius 3 is 2.66 bits per heavy atom. The summed E-state index contributed by atoms with van der Waals surface area (Å²) in [6.07, 6.45) is 0.841. The smallest absolute Gasteiger partial charge is 0.321 e. The number of nitrogens with one attached hydrogen (secondary N) is 1. The molecular formula is C22H22FN3O3. The molecule has 0 spiro atoms. The second-order valence-corrected chi connectivity index (χ2v) is 7.11. The van der Waals surface area contributed by atoms with Crippen LogP contribution in [0.3, 0.4) is 0 Å². The summed E-state index contributed by atoms with van der Waals surface area (Å²) < 4.78 is 18.5. The number of carbonyl (C=O) groups excluding carboxylic acids is 2. The summed E-state index contributed by atoms with van der Waals surface area (Å²) in [5.74, 6) is -2.16. The van der Waals surface area contributed by atoms with Crippen LogP contribution in [-0.4, -0.2) is 35.9 Å². The molecule has 0 fully saturated rings. The van der Waals surface area contributed by atoms with Crippen LogP contribution in [0.2, 0.25) is 0 Å². The third-order valence-electron chi connectivity index (χ3n) is 5.28. The molecule has 6 nitrogen and oxygen atoms in total. The lowest BCUT2D eigenvalue weighted by molar-refractivity contribution is -0.153. The summed E-state index contributed by atoms with van der Waals surface area (Å²) in [7, 11) is 0. The van der Waals surface area contributed by atoms with Crippen LogP contribution in [0.5, 0.6) is 0 Å². The van der Waals surface area contributed by atoms with E-state index >= 15 is 0 Å². The normalized spacial score (nSPS) is 21.1. The Morgan fingerprint density at radius 1 is 1.21 bits per heavy atom. The van der Waals surface area contributed by atoms with Crippen molar-refractivity contribution < 1.29 is 18.7 Å². The summed E-state index contributed by atoms with van der Waals surface area (Å²) in [5.41, 5.74) is 3.06. The number of fused-ring (bicyclic) bond motifs is 1. The van der Waals surface area contributed by atoms with Crippen LogP contribution in [0.4, 0.5) is 4.39 Å². The van der Waals surface area contributed by atoms with Gasteiger partial charge in [0, 0.05) is 13.1 Å². The molecule has 0 aliphatic carbocycles. The SMILES string of the molecule is CCOC(=O)[C@H]1C(=O)NC(N2CCc3ccccc3C2)=N[C@@H]1c1ccc(F)cc1. The van der Waals surface area contributed by atoms with E-state index in [1.807, 2.05) is 17.0 Å². The summed E-state index contributed by atoms with van der Waals surface area (Å²) in [6.45, 7) is 3.18. The Kier molecular flexibility index (Phi) is 5.29. The molecule has 2 aliphatic heterocycles. The van der Waals surface area contributed by atoms with E-state index < -0.39 is 29.7 Å². The lowest BCUT2D eigenvalue weighted by Gasteiger charge is -2.36. The van der Waals surface area contributed by atoms with Crippen LogP contribution >= 0.6 is 0 Å². The number of guanidine groups is 1. The maximum Gasteiger partial charge on any atom is 0.321 e. The monoisotopic (exact) mass is 395 g/mol. The number of aliphatic imine (C=N–C) groups is 1. The second kappa shape index (κ2) is 8.03. The molecule has 2 atom stereocenters. The quantitative estimate of drug-likeness (QED) is 0.641. The maximum absolute atomic E-state index is 13.4. The number of halogens is 1.